The van der Waals surface area contributed by atoms with Gasteiger partial charge in [0, 0.05) is 28.4 Å². The number of amides is 1. The number of benzene rings is 4. The van der Waals surface area contributed by atoms with Gasteiger partial charge < -0.3 is 49.5 Å². The van der Waals surface area contributed by atoms with E-state index in [9.17, 15) is 57.8 Å². The molecule has 1 aliphatic rings. The highest BCUT2D eigenvalue weighted by molar-refractivity contribution is 8.19. The Morgan fingerprint density at radius 2 is 1.48 bits per heavy atom. The molecule has 6 aromatic rings. The van der Waals surface area contributed by atoms with Crippen LogP contribution in [-0.2, 0) is 34.5 Å². The highest BCUT2D eigenvalue weighted by Crippen LogP contribution is 2.54. The van der Waals surface area contributed by atoms with Crippen molar-refractivity contribution in [2.24, 2.45) is 10.2 Å². The number of anilines is 6. The van der Waals surface area contributed by atoms with E-state index in [1.54, 1.807) is 0 Å². The van der Waals surface area contributed by atoms with Gasteiger partial charge >= 0.3 is 24.0 Å². The second kappa shape index (κ2) is 19.7. The normalized spacial score (nSPS) is 14.4. The Labute approximate surface area is 395 Å². The summed E-state index contributed by atoms with van der Waals surface area (Å²) < 4.78 is 143. The third-order valence-corrected chi connectivity index (χ3v) is 13.5. The summed E-state index contributed by atoms with van der Waals surface area (Å²) in [5, 5.41) is 28.1. The minimum Gasteiger partial charge on any atom is -0.505 e. The number of phenolic OH excluding ortho intramolecular Hbond substituents is 1. The van der Waals surface area contributed by atoms with Crippen LogP contribution in [0.3, 0.4) is 0 Å². The molecule has 1 fully saturated rings. The summed E-state index contributed by atoms with van der Waals surface area (Å²) >= 11 is 6.13. The molecule has 35 heteroatoms. The maximum Gasteiger partial charge on any atom is 0.397 e. The first-order valence-electron chi connectivity index (χ1n) is 18.7. The maximum atomic E-state index is 14.5. The third kappa shape index (κ3) is 12.7. The molecule has 28 nitrogen and oxygen atoms in total. The molecule has 7 rings (SSSR count). The molecule has 0 aliphatic carbocycles. The first-order valence-corrected chi connectivity index (χ1v) is 25.1. The summed E-state index contributed by atoms with van der Waals surface area (Å²) in [5.74, 6) is -3.13. The highest BCUT2D eigenvalue weighted by atomic mass is 35.5. The first-order chi connectivity index (χ1) is 32.4. The van der Waals surface area contributed by atoms with Gasteiger partial charge in [-0.3, -0.25) is 13.9 Å². The van der Waals surface area contributed by atoms with Crippen LogP contribution in [0.4, 0.5) is 50.9 Å². The molecule has 1 atom stereocenters. The average molecular weight is 1060 g/mol. The maximum absolute atomic E-state index is 14.5. The number of carbonyl (C=O) groups is 1. The number of hydrogen-bond acceptors (Lipinski definition) is 25. The number of methoxy groups -OCH3 is 1. The predicted molar refractivity (Wildman–Crippen MR) is 243 cm³/mol. The number of aromatic nitrogens is 6. The number of fused-ring (bicyclic) bond motifs is 1. The van der Waals surface area contributed by atoms with E-state index in [0.717, 1.165) is 30.6 Å². The number of rotatable bonds is 19. The summed E-state index contributed by atoms with van der Waals surface area (Å²) in [6, 6.07) is 14.2. The lowest BCUT2D eigenvalue weighted by molar-refractivity contribution is 0.0881. The van der Waals surface area contributed by atoms with Crippen molar-refractivity contribution in [1.82, 2.24) is 34.8 Å². The lowest BCUT2D eigenvalue weighted by Crippen LogP contribution is -2.24. The minimum atomic E-state index is -4.86. The van der Waals surface area contributed by atoms with E-state index >= 15 is 0 Å². The number of nitrogens with one attached hydrogen (secondary N) is 4. The molecular weight excluding hydrogens is 1020 g/mol. The highest BCUT2D eigenvalue weighted by Gasteiger charge is 2.48. The number of ether oxygens (including phenoxy) is 1. The minimum absolute atomic E-state index is 0.0281. The van der Waals surface area contributed by atoms with Crippen molar-refractivity contribution in [3.05, 3.63) is 83.7 Å². The van der Waals surface area contributed by atoms with Crippen molar-refractivity contribution < 1.29 is 71.2 Å². The smallest absolute Gasteiger partial charge is 0.397 e. The summed E-state index contributed by atoms with van der Waals surface area (Å²) in [4.78, 5) is 36.0. The van der Waals surface area contributed by atoms with E-state index in [0.29, 0.717) is 0 Å². The number of sulfone groups is 1. The van der Waals surface area contributed by atoms with Crippen LogP contribution in [0, 0.1) is 6.08 Å². The Kier molecular flexibility index (Phi) is 14.3. The molecule has 1 unspecified atom stereocenters. The van der Waals surface area contributed by atoms with E-state index in [4.69, 9.17) is 20.9 Å². The molecule has 10 N–H and O–H groups in total. The van der Waals surface area contributed by atoms with Crippen LogP contribution in [0.2, 0.25) is 5.28 Å². The molecule has 1 amide bonds. The van der Waals surface area contributed by atoms with Crippen LogP contribution < -0.4 is 25.8 Å². The zero-order valence-corrected chi connectivity index (χ0v) is 38.4. The van der Waals surface area contributed by atoms with Crippen molar-refractivity contribution in [3.8, 4) is 11.5 Å². The van der Waals surface area contributed by atoms with E-state index < -0.39 is 97.9 Å². The van der Waals surface area contributed by atoms with Crippen LogP contribution in [0.25, 0.3) is 10.8 Å². The number of nitrogens with zero attached hydrogens (tertiary/aromatic N) is 9. The standard InChI is InChI=1S/C34H31BClFN13O15S4/c1-64-20-6-8-22(23(14-20)67(55,56)57)48-49-26-24(68(58,59)60)13-17-12-19(5-7-21(17)27(26)51)39-31-40-29(36)41-33(44-31)46-35-47-34-43-30(37)42-32(45-34)38-18-4-2-3-16(11-18)28(52)50-15-25(50)66(53,54)10-9-65-69(61,62)63/h2-8,11-14,25,51,58-60H,9-10,15H2,1H3,(H,55,56,57)(H,61,62,63)(H2,38,42,43,45,47)(H2,39,40,41,44,46). The average Bonchev–Trinajstić information content (AvgIpc) is 4.07. The van der Waals surface area contributed by atoms with E-state index in [1.807, 2.05) is 0 Å². The summed E-state index contributed by atoms with van der Waals surface area (Å²) in [5.41, 5.74) is -0.630. The van der Waals surface area contributed by atoms with Crippen LogP contribution in [0.5, 0.6) is 11.5 Å². The molecule has 1 aliphatic heterocycles. The number of hydrogen-bond donors (Lipinski definition) is 10. The zero-order valence-electron chi connectivity index (χ0n) is 34.4. The Hall–Kier alpha value is -6.73. The molecule has 69 heavy (non-hydrogen) atoms. The van der Waals surface area contributed by atoms with Gasteiger partial charge in [-0.2, -0.15) is 51.1 Å². The topological polar surface area (TPSA) is 413 Å². The van der Waals surface area contributed by atoms with Crippen LogP contribution in [-0.4, -0.2) is 133 Å². The van der Waals surface area contributed by atoms with Gasteiger partial charge in [0.05, 0.1) is 30.9 Å². The fourth-order valence-electron chi connectivity index (χ4n) is 6.04. The number of phenols is 1. The van der Waals surface area contributed by atoms with Gasteiger partial charge in [0.25, 0.3) is 16.0 Å². The Balaban J connectivity index is 1.01. The summed E-state index contributed by atoms with van der Waals surface area (Å²) in [6.45, 7) is -1.03. The van der Waals surface area contributed by atoms with Crippen molar-refractivity contribution in [2.45, 2.75) is 15.2 Å². The summed E-state index contributed by atoms with van der Waals surface area (Å²) in [6.07, 6.45) is -1.23. The Morgan fingerprint density at radius 3 is 2.14 bits per heavy atom. The van der Waals surface area contributed by atoms with Crippen molar-refractivity contribution in [1.29, 1.82) is 0 Å². The molecule has 0 spiro atoms. The molecule has 0 saturated carbocycles. The second-order valence-electron chi connectivity index (χ2n) is 13.8. The van der Waals surface area contributed by atoms with Crippen LogP contribution >= 0.6 is 22.5 Å². The fraction of sp³-hybridized carbons (Fsp3) is 0.147. The van der Waals surface area contributed by atoms with Gasteiger partial charge in [0.15, 0.2) is 21.0 Å². The fourth-order valence-corrected chi connectivity index (χ4v) is 9.38. The molecule has 1 saturated heterocycles. The molecule has 2 aromatic heterocycles. The molecule has 363 valence electrons. The van der Waals surface area contributed by atoms with Gasteiger partial charge in [-0.1, -0.05) is 6.07 Å². The summed E-state index contributed by atoms with van der Waals surface area (Å²) in [7, 11) is -16.0. The van der Waals surface area contributed by atoms with Gasteiger partial charge in [0.2, 0.25) is 29.1 Å². The van der Waals surface area contributed by atoms with Crippen molar-refractivity contribution in [3.63, 3.8) is 0 Å². The zero-order chi connectivity index (χ0) is 50.1. The van der Waals surface area contributed by atoms with Crippen LogP contribution in [0.1, 0.15) is 10.4 Å². The van der Waals surface area contributed by atoms with E-state index in [2.05, 4.69) is 65.4 Å². The van der Waals surface area contributed by atoms with Crippen molar-refractivity contribution >= 4 is 124 Å². The molecule has 4 aromatic carbocycles. The lowest BCUT2D eigenvalue weighted by atomic mass is 10.1. The largest absolute Gasteiger partial charge is 0.505 e. The van der Waals surface area contributed by atoms with Crippen molar-refractivity contribution in [2.75, 3.05) is 47.1 Å². The van der Waals surface area contributed by atoms with Gasteiger partial charge in [-0.15, -0.1) is 10.2 Å². The third-order valence-electron chi connectivity index (χ3n) is 9.13. The number of azo groups is 1. The Morgan fingerprint density at radius 1 is 0.826 bits per heavy atom. The number of aromatic hydroxyl groups is 1. The van der Waals surface area contributed by atoms with E-state index in [1.165, 1.54) is 55.6 Å². The predicted octanol–water partition coefficient (Wildman–Crippen LogP) is 4.52. The Bertz CT molecular complexity index is 3380. The van der Waals surface area contributed by atoms with Crippen LogP contribution in [0.15, 0.2) is 86.7 Å². The lowest BCUT2D eigenvalue weighted by Gasteiger charge is -2.22. The first kappa shape index (κ1) is 50.2. The van der Waals surface area contributed by atoms with Gasteiger partial charge in [-0.25, -0.2) is 12.6 Å². The quantitative estimate of drug-likeness (QED) is 0.0231. The number of halogens is 2. The molecule has 1 radical (unpaired) electrons. The molecular formula is C34H31BClFN13O15S4. The second-order valence-corrected chi connectivity index (χ2v) is 20.4. The SMILES string of the molecule is COc1ccc(N=Nc2c(S(O)(O)O)cc3cc(Nc4nc(Cl)nc(N[B]Nc5nc(F)nc(Nc6cccc(C(=O)N7CC7S(=O)(=O)CCOS(=O)(=O)O)c6)n5)n4)ccc3c2O)c(S(=O)(=O)O)c1. The van der Waals surface area contributed by atoms with Gasteiger partial charge in [0.1, 0.15) is 32.9 Å². The van der Waals surface area contributed by atoms with E-state index in [-0.39, 0.29) is 69.1 Å². The van der Waals surface area contributed by atoms with Gasteiger partial charge in [-0.05, 0) is 71.6 Å². The monoisotopic (exact) mass is 1050 g/mol. The number of carbonyl (C=O) groups excluding carboxylic acids is 1. The molecule has 0 bridgehead atoms. The molecule has 3 heterocycles.